The Kier molecular flexibility index (Phi) is 3.84. The zero-order chi connectivity index (χ0) is 14.0. The van der Waals surface area contributed by atoms with Crippen molar-refractivity contribution in [3.63, 3.8) is 0 Å². The molecule has 0 fully saturated rings. The van der Waals surface area contributed by atoms with Crippen molar-refractivity contribution in [2.45, 2.75) is 45.8 Å². The molecule has 1 aromatic rings. The number of amides is 1. The number of ether oxygens (including phenoxy) is 1. The number of hydrogen-bond donors (Lipinski definition) is 1. The first-order chi connectivity index (χ1) is 8.18. The van der Waals surface area contributed by atoms with Gasteiger partial charge in [0.2, 0.25) is 0 Å². The number of furan rings is 1. The van der Waals surface area contributed by atoms with E-state index in [2.05, 4.69) is 5.32 Å². The molecule has 0 aliphatic carbocycles. The average molecular weight is 253 g/mol. The number of aldehydes is 1. The summed E-state index contributed by atoms with van der Waals surface area (Å²) in [5, 5.41) is 2.52. The van der Waals surface area contributed by atoms with Gasteiger partial charge in [-0.2, -0.15) is 0 Å². The summed E-state index contributed by atoms with van der Waals surface area (Å²) in [5.41, 5.74) is -1.05. The Morgan fingerprint density at radius 3 is 2.39 bits per heavy atom. The molecule has 1 atom stereocenters. The molecule has 1 unspecified atom stereocenters. The Balaban J connectivity index is 2.88. The lowest BCUT2D eigenvalue weighted by Gasteiger charge is -2.26. The number of carbonyl (C=O) groups is 2. The Labute approximate surface area is 106 Å². The summed E-state index contributed by atoms with van der Waals surface area (Å²) in [4.78, 5) is 23.0. The summed E-state index contributed by atoms with van der Waals surface area (Å²) < 4.78 is 10.4. The van der Waals surface area contributed by atoms with E-state index in [1.165, 1.54) is 6.26 Å². The van der Waals surface area contributed by atoms with E-state index < -0.39 is 17.2 Å². The first-order valence-electron chi connectivity index (χ1n) is 5.70. The average Bonchev–Trinajstić information content (AvgIpc) is 2.61. The molecule has 0 saturated carbocycles. The van der Waals surface area contributed by atoms with Gasteiger partial charge in [-0.25, -0.2) is 4.79 Å². The normalized spacial score (nSPS) is 14.7. The minimum Gasteiger partial charge on any atom is -0.466 e. The van der Waals surface area contributed by atoms with E-state index in [0.717, 1.165) is 5.56 Å². The summed E-state index contributed by atoms with van der Waals surface area (Å²) in [6, 6.07) is 1.73. The maximum atomic E-state index is 11.7. The second kappa shape index (κ2) is 4.84. The van der Waals surface area contributed by atoms with Gasteiger partial charge in [-0.15, -0.1) is 0 Å². The topological polar surface area (TPSA) is 68.5 Å². The van der Waals surface area contributed by atoms with Crippen LogP contribution >= 0.6 is 0 Å². The summed E-state index contributed by atoms with van der Waals surface area (Å²) in [5.74, 6) is 0.406. The van der Waals surface area contributed by atoms with Crippen molar-refractivity contribution < 1.29 is 18.7 Å². The maximum Gasteiger partial charge on any atom is 0.408 e. The van der Waals surface area contributed by atoms with Crippen LogP contribution in [0.1, 0.15) is 39.0 Å². The molecule has 0 bridgehead atoms. The molecule has 0 radical (unpaired) electrons. The highest BCUT2D eigenvalue weighted by Crippen LogP contribution is 2.23. The second-order valence-electron chi connectivity index (χ2n) is 5.38. The summed E-state index contributed by atoms with van der Waals surface area (Å²) >= 11 is 0. The molecule has 1 N–H and O–H groups in total. The molecule has 0 aliphatic heterocycles. The van der Waals surface area contributed by atoms with E-state index in [1.807, 2.05) is 0 Å². The van der Waals surface area contributed by atoms with Gasteiger partial charge in [0, 0.05) is 0 Å². The number of carbonyl (C=O) groups excluding carboxylic acids is 2. The van der Waals surface area contributed by atoms with Gasteiger partial charge in [-0.05, 0) is 46.2 Å². The molecule has 0 saturated heterocycles. The van der Waals surface area contributed by atoms with Crippen molar-refractivity contribution >= 4 is 12.4 Å². The largest absolute Gasteiger partial charge is 0.466 e. The standard InChI is InChI=1S/C13H19NO4/c1-9-6-7-17-10(9)13(5,8-15)14-11(16)18-12(2,3)4/h6-8H,1-5H3,(H,14,16). The zero-order valence-electron chi connectivity index (χ0n) is 11.4. The lowest BCUT2D eigenvalue weighted by atomic mass is 9.98. The van der Waals surface area contributed by atoms with Gasteiger partial charge < -0.3 is 19.3 Å². The number of hydrogen-bond acceptors (Lipinski definition) is 4. The molecule has 0 aromatic carbocycles. The SMILES string of the molecule is Cc1ccoc1C(C)(C=O)NC(=O)OC(C)(C)C. The lowest BCUT2D eigenvalue weighted by Crippen LogP contribution is -2.47. The van der Waals surface area contributed by atoms with Crippen LogP contribution in [0, 0.1) is 6.92 Å². The van der Waals surface area contributed by atoms with Crippen LogP contribution in [0.5, 0.6) is 0 Å². The van der Waals surface area contributed by atoms with Crippen molar-refractivity contribution in [2.24, 2.45) is 0 Å². The first kappa shape index (κ1) is 14.3. The van der Waals surface area contributed by atoms with Crippen LogP contribution < -0.4 is 5.32 Å². The summed E-state index contributed by atoms with van der Waals surface area (Å²) in [6.45, 7) is 8.63. The third kappa shape index (κ3) is 3.35. The quantitative estimate of drug-likeness (QED) is 0.840. The van der Waals surface area contributed by atoms with Crippen LogP contribution in [0.2, 0.25) is 0 Å². The fourth-order valence-electron chi connectivity index (χ4n) is 1.56. The third-order valence-corrected chi connectivity index (χ3v) is 2.33. The van der Waals surface area contributed by atoms with Crippen LogP contribution in [0.4, 0.5) is 4.79 Å². The van der Waals surface area contributed by atoms with Crippen LogP contribution in [0.25, 0.3) is 0 Å². The molecule has 5 heteroatoms. The van der Waals surface area contributed by atoms with Crippen LogP contribution in [0.3, 0.4) is 0 Å². The molecular formula is C13H19NO4. The molecule has 1 amide bonds. The highest BCUT2D eigenvalue weighted by Gasteiger charge is 2.34. The number of alkyl carbamates (subject to hydrolysis) is 1. The van der Waals surface area contributed by atoms with Crippen molar-refractivity contribution in [3.05, 3.63) is 23.7 Å². The van der Waals surface area contributed by atoms with Crippen molar-refractivity contribution in [1.29, 1.82) is 0 Å². The molecule has 5 nitrogen and oxygen atoms in total. The van der Waals surface area contributed by atoms with Crippen molar-refractivity contribution in [3.8, 4) is 0 Å². The van der Waals surface area contributed by atoms with Gasteiger partial charge in [0.25, 0.3) is 0 Å². The fourth-order valence-corrected chi connectivity index (χ4v) is 1.56. The van der Waals surface area contributed by atoms with Crippen LogP contribution in [-0.2, 0) is 15.1 Å². The number of nitrogens with one attached hydrogen (secondary N) is 1. The monoisotopic (exact) mass is 253 g/mol. The van der Waals surface area contributed by atoms with E-state index in [1.54, 1.807) is 40.7 Å². The Morgan fingerprint density at radius 1 is 1.39 bits per heavy atom. The highest BCUT2D eigenvalue weighted by molar-refractivity contribution is 5.77. The molecule has 18 heavy (non-hydrogen) atoms. The van der Waals surface area contributed by atoms with Gasteiger partial charge in [0.15, 0.2) is 11.8 Å². The minimum absolute atomic E-state index is 0.406. The molecule has 1 aromatic heterocycles. The molecule has 0 spiro atoms. The third-order valence-electron chi connectivity index (χ3n) is 2.33. The predicted octanol–water partition coefficient (Wildman–Crippen LogP) is 2.53. The highest BCUT2D eigenvalue weighted by atomic mass is 16.6. The first-order valence-corrected chi connectivity index (χ1v) is 5.70. The van der Waals surface area contributed by atoms with E-state index in [9.17, 15) is 9.59 Å². The smallest absolute Gasteiger partial charge is 0.408 e. The van der Waals surface area contributed by atoms with E-state index in [0.29, 0.717) is 12.0 Å². The molecule has 0 aliphatic rings. The molecule has 100 valence electrons. The van der Waals surface area contributed by atoms with Crippen molar-refractivity contribution in [2.75, 3.05) is 0 Å². The summed E-state index contributed by atoms with van der Waals surface area (Å²) in [7, 11) is 0. The van der Waals surface area contributed by atoms with Gasteiger partial charge in [0.1, 0.15) is 11.4 Å². The molecule has 1 rings (SSSR count). The minimum atomic E-state index is -1.23. The fraction of sp³-hybridized carbons (Fsp3) is 0.538. The van der Waals surface area contributed by atoms with Gasteiger partial charge in [-0.3, -0.25) is 0 Å². The molecular weight excluding hydrogens is 234 g/mol. The predicted molar refractivity (Wildman–Crippen MR) is 66.2 cm³/mol. The van der Waals surface area contributed by atoms with Crippen LogP contribution in [0.15, 0.2) is 16.7 Å². The zero-order valence-corrected chi connectivity index (χ0v) is 11.4. The van der Waals surface area contributed by atoms with Gasteiger partial charge >= 0.3 is 6.09 Å². The Hall–Kier alpha value is -1.78. The van der Waals surface area contributed by atoms with E-state index in [-0.39, 0.29) is 0 Å². The van der Waals surface area contributed by atoms with Crippen molar-refractivity contribution in [1.82, 2.24) is 5.32 Å². The summed E-state index contributed by atoms with van der Waals surface area (Å²) in [6.07, 6.45) is 1.44. The Bertz CT molecular complexity index is 444. The number of rotatable bonds is 3. The molecule has 1 heterocycles. The lowest BCUT2D eigenvalue weighted by molar-refractivity contribution is -0.113. The maximum absolute atomic E-state index is 11.7. The second-order valence-corrected chi connectivity index (χ2v) is 5.38. The van der Waals surface area contributed by atoms with E-state index in [4.69, 9.17) is 9.15 Å². The van der Waals surface area contributed by atoms with Gasteiger partial charge in [0.05, 0.1) is 6.26 Å². The number of aryl methyl sites for hydroxylation is 1. The van der Waals surface area contributed by atoms with E-state index >= 15 is 0 Å². The van der Waals surface area contributed by atoms with Crippen LogP contribution in [-0.4, -0.2) is 18.0 Å². The van der Waals surface area contributed by atoms with Gasteiger partial charge in [-0.1, -0.05) is 0 Å². The Morgan fingerprint density at radius 2 is 2.00 bits per heavy atom.